The van der Waals surface area contributed by atoms with Crippen molar-refractivity contribution in [1.29, 1.82) is 0 Å². The van der Waals surface area contributed by atoms with E-state index >= 15 is 0 Å². The highest BCUT2D eigenvalue weighted by molar-refractivity contribution is 7.99. The average Bonchev–Trinajstić information content (AvgIpc) is 3.48. The summed E-state index contributed by atoms with van der Waals surface area (Å²) in [5.41, 5.74) is 4.16. The van der Waals surface area contributed by atoms with E-state index in [9.17, 15) is 9.59 Å². The molecule has 0 spiro atoms. The minimum Gasteiger partial charge on any atom is -0.422 e. The second-order valence-corrected chi connectivity index (χ2v) is 10.4. The number of para-hydroxylation sites is 1. The Morgan fingerprint density at radius 1 is 1.05 bits per heavy atom. The number of aryl methyl sites for hydroxylation is 1. The summed E-state index contributed by atoms with van der Waals surface area (Å²) < 4.78 is 8.30. The lowest BCUT2D eigenvalue weighted by Crippen LogP contribution is -2.20. The largest absolute Gasteiger partial charge is 0.422 e. The Balaban J connectivity index is 1.14. The minimum absolute atomic E-state index is 0.123. The Morgan fingerprint density at radius 2 is 1.79 bits per heavy atom. The number of carbonyl (C=O) groups is 2. The highest BCUT2D eigenvalue weighted by Crippen LogP contribution is 2.35. The van der Waals surface area contributed by atoms with E-state index in [1.807, 2.05) is 66.1 Å². The molecule has 190 valence electrons. The number of nitrogens with one attached hydrogen (secondary N) is 1. The molecule has 2 heterocycles. The number of halogens is 1. The van der Waals surface area contributed by atoms with Crippen molar-refractivity contribution < 1.29 is 14.3 Å². The first-order valence-corrected chi connectivity index (χ1v) is 13.6. The van der Waals surface area contributed by atoms with Crippen molar-refractivity contribution in [3.8, 4) is 11.4 Å². The van der Waals surface area contributed by atoms with E-state index in [0.29, 0.717) is 20.8 Å². The van der Waals surface area contributed by atoms with Crippen LogP contribution in [0.5, 0.6) is 5.75 Å². The summed E-state index contributed by atoms with van der Waals surface area (Å²) in [6.45, 7) is 1.86. The maximum Gasteiger partial charge on any atom is 0.355 e. The standard InChI is InChI=1S/C27H20ClN5O3S2/c1-17-30-32-27(33(17)19-7-3-2-4-8-19)37-16-23(34)31-29-15-18-11-13-20(14-12-18)36-26(35)25-24(28)21-9-5-6-10-22(21)38-25/h2-15H,16H2,1H3,(H,31,34)/b29-15-. The van der Waals surface area contributed by atoms with Crippen LogP contribution in [0.4, 0.5) is 0 Å². The number of rotatable bonds is 8. The van der Waals surface area contributed by atoms with Crippen molar-refractivity contribution in [3.63, 3.8) is 0 Å². The van der Waals surface area contributed by atoms with Crippen LogP contribution in [-0.2, 0) is 4.79 Å². The lowest BCUT2D eigenvalue weighted by atomic mass is 10.2. The van der Waals surface area contributed by atoms with Crippen LogP contribution >= 0.6 is 34.7 Å². The molecule has 0 aliphatic carbocycles. The van der Waals surface area contributed by atoms with Gasteiger partial charge < -0.3 is 4.74 Å². The molecule has 0 radical (unpaired) electrons. The third-order valence-electron chi connectivity index (χ3n) is 5.36. The van der Waals surface area contributed by atoms with Crippen LogP contribution in [-0.4, -0.2) is 38.6 Å². The molecule has 3 aromatic carbocycles. The van der Waals surface area contributed by atoms with Gasteiger partial charge in [-0.25, -0.2) is 10.2 Å². The number of benzene rings is 3. The number of carbonyl (C=O) groups excluding carboxylic acids is 2. The van der Waals surface area contributed by atoms with E-state index in [0.717, 1.165) is 27.2 Å². The number of thiophene rings is 1. The molecule has 0 saturated heterocycles. The number of esters is 1. The summed E-state index contributed by atoms with van der Waals surface area (Å²) in [7, 11) is 0. The number of hydrogen-bond acceptors (Lipinski definition) is 8. The molecule has 0 atom stereocenters. The van der Waals surface area contributed by atoms with Crippen LogP contribution in [0.3, 0.4) is 0 Å². The number of hydrogen-bond donors (Lipinski definition) is 1. The number of aromatic nitrogens is 3. The quantitative estimate of drug-likeness (QED) is 0.0832. The molecule has 11 heteroatoms. The van der Waals surface area contributed by atoms with Gasteiger partial charge in [-0.15, -0.1) is 21.5 Å². The zero-order valence-corrected chi connectivity index (χ0v) is 22.4. The lowest BCUT2D eigenvalue weighted by molar-refractivity contribution is -0.118. The highest BCUT2D eigenvalue weighted by atomic mass is 35.5. The Hall–Kier alpha value is -3.99. The summed E-state index contributed by atoms with van der Waals surface area (Å²) in [6.07, 6.45) is 1.51. The van der Waals surface area contributed by atoms with Crippen molar-refractivity contribution in [2.75, 3.05) is 5.75 Å². The monoisotopic (exact) mass is 561 g/mol. The molecule has 0 saturated carbocycles. The van der Waals surface area contributed by atoms with Gasteiger partial charge in [0.1, 0.15) is 16.5 Å². The smallest absolute Gasteiger partial charge is 0.355 e. The molecule has 8 nitrogen and oxygen atoms in total. The van der Waals surface area contributed by atoms with E-state index in [1.54, 1.807) is 24.3 Å². The van der Waals surface area contributed by atoms with Crippen molar-refractivity contribution >= 4 is 62.9 Å². The van der Waals surface area contributed by atoms with Crippen LogP contribution in [0.15, 0.2) is 89.1 Å². The molecule has 5 aromatic rings. The Morgan fingerprint density at radius 3 is 2.55 bits per heavy atom. The first kappa shape index (κ1) is 25.7. The molecule has 5 rings (SSSR count). The van der Waals surface area contributed by atoms with Gasteiger partial charge in [0.25, 0.3) is 5.91 Å². The molecule has 2 aromatic heterocycles. The fourth-order valence-electron chi connectivity index (χ4n) is 3.57. The van der Waals surface area contributed by atoms with Gasteiger partial charge in [-0.1, -0.05) is 59.8 Å². The van der Waals surface area contributed by atoms with Crippen LogP contribution < -0.4 is 10.2 Å². The van der Waals surface area contributed by atoms with Crippen LogP contribution in [0.1, 0.15) is 21.1 Å². The summed E-state index contributed by atoms with van der Waals surface area (Å²) in [6, 6.07) is 24.0. The molecule has 0 unspecified atom stereocenters. The number of thioether (sulfide) groups is 1. The summed E-state index contributed by atoms with van der Waals surface area (Å²) in [5.74, 6) is 0.437. The minimum atomic E-state index is -0.513. The molecule has 1 N–H and O–H groups in total. The number of nitrogens with zero attached hydrogens (tertiary/aromatic N) is 4. The molecular formula is C27H20ClN5O3S2. The first-order valence-electron chi connectivity index (χ1n) is 11.4. The van der Waals surface area contributed by atoms with Gasteiger partial charge in [0, 0.05) is 15.8 Å². The van der Waals surface area contributed by atoms with Crippen LogP contribution in [0.2, 0.25) is 5.02 Å². The number of fused-ring (bicyclic) bond motifs is 1. The lowest BCUT2D eigenvalue weighted by Gasteiger charge is -2.07. The molecule has 0 bridgehead atoms. The predicted molar refractivity (Wildman–Crippen MR) is 151 cm³/mol. The van der Waals surface area contributed by atoms with Gasteiger partial charge in [-0.3, -0.25) is 9.36 Å². The third-order valence-corrected chi connectivity index (χ3v) is 7.94. The topological polar surface area (TPSA) is 98.5 Å². The maximum absolute atomic E-state index is 12.6. The van der Waals surface area contributed by atoms with Crippen molar-refractivity contribution in [3.05, 3.63) is 100 Å². The Kier molecular flexibility index (Phi) is 7.83. The summed E-state index contributed by atoms with van der Waals surface area (Å²) in [5, 5.41) is 14.1. The second-order valence-electron chi connectivity index (χ2n) is 7.98. The van der Waals surface area contributed by atoms with Gasteiger partial charge in [0.05, 0.1) is 17.0 Å². The SMILES string of the molecule is Cc1nnc(SCC(=O)N/N=C\c2ccc(OC(=O)c3sc4ccccc4c3Cl)cc2)n1-c1ccccc1. The number of ether oxygens (including phenoxy) is 1. The van der Waals surface area contributed by atoms with Gasteiger partial charge in [-0.05, 0) is 55.0 Å². The van der Waals surface area contributed by atoms with Crippen LogP contribution in [0.25, 0.3) is 15.8 Å². The molecular weight excluding hydrogens is 542 g/mol. The van der Waals surface area contributed by atoms with Gasteiger partial charge >= 0.3 is 5.97 Å². The first-order chi connectivity index (χ1) is 18.5. The average molecular weight is 562 g/mol. The van der Waals surface area contributed by atoms with Crippen molar-refractivity contribution in [1.82, 2.24) is 20.2 Å². The Bertz CT molecular complexity index is 1630. The fourth-order valence-corrected chi connectivity index (χ4v) is 5.75. The van der Waals surface area contributed by atoms with E-state index < -0.39 is 5.97 Å². The zero-order chi connectivity index (χ0) is 26.5. The summed E-state index contributed by atoms with van der Waals surface area (Å²) in [4.78, 5) is 25.3. The zero-order valence-electron chi connectivity index (χ0n) is 20.0. The Labute approximate surface area is 231 Å². The van der Waals surface area contributed by atoms with E-state index in [4.69, 9.17) is 16.3 Å². The van der Waals surface area contributed by atoms with Crippen molar-refractivity contribution in [2.24, 2.45) is 5.10 Å². The van der Waals surface area contributed by atoms with E-state index in [2.05, 4.69) is 20.7 Å². The molecule has 38 heavy (non-hydrogen) atoms. The van der Waals surface area contributed by atoms with Gasteiger partial charge in [-0.2, -0.15) is 5.10 Å². The third kappa shape index (κ3) is 5.77. The second kappa shape index (κ2) is 11.6. The number of hydrazone groups is 1. The number of amides is 1. The normalized spacial score (nSPS) is 11.2. The maximum atomic E-state index is 12.6. The van der Waals surface area contributed by atoms with Crippen LogP contribution in [0, 0.1) is 6.92 Å². The van der Waals surface area contributed by atoms with E-state index in [1.165, 1.54) is 29.3 Å². The molecule has 0 fully saturated rings. The molecule has 0 aliphatic heterocycles. The van der Waals surface area contributed by atoms with E-state index in [-0.39, 0.29) is 11.7 Å². The fraction of sp³-hybridized carbons (Fsp3) is 0.0741. The molecule has 0 aliphatic rings. The van der Waals surface area contributed by atoms with Crippen molar-refractivity contribution in [2.45, 2.75) is 12.1 Å². The predicted octanol–water partition coefficient (Wildman–Crippen LogP) is 5.91. The van der Waals surface area contributed by atoms with Gasteiger partial charge in [0.2, 0.25) is 0 Å². The highest BCUT2D eigenvalue weighted by Gasteiger charge is 2.19. The molecule has 1 amide bonds. The summed E-state index contributed by atoms with van der Waals surface area (Å²) >= 11 is 8.93. The van der Waals surface area contributed by atoms with Gasteiger partial charge in [0.15, 0.2) is 5.16 Å².